The third-order valence-electron chi connectivity index (χ3n) is 24.9. The van der Waals surface area contributed by atoms with Gasteiger partial charge in [0.2, 0.25) is 0 Å². The van der Waals surface area contributed by atoms with Crippen LogP contribution in [-0.4, -0.2) is 39.9 Å². The van der Waals surface area contributed by atoms with Crippen molar-refractivity contribution in [1.29, 1.82) is 0 Å². The molecule has 2 aliphatic rings. The van der Waals surface area contributed by atoms with E-state index < -0.39 is 0 Å². The molecule has 0 spiro atoms. The highest BCUT2D eigenvalue weighted by Gasteiger charge is 2.32. The molecule has 11 aromatic carbocycles. The number of nitrogens with one attached hydrogen (secondary N) is 6. The van der Waals surface area contributed by atoms with E-state index in [1.54, 1.807) is 0 Å². The number of aromatic amines is 6. The second kappa shape index (κ2) is 27.7. The number of rotatable bonds is 10. The Balaban J connectivity index is 0.880. The molecule has 19 aromatic rings. The lowest BCUT2D eigenvalue weighted by atomic mass is 9.90. The zero-order chi connectivity index (χ0) is 78.1. The molecule has 116 heavy (non-hydrogen) atoms. The van der Waals surface area contributed by atoms with Gasteiger partial charge >= 0.3 is 0 Å². The van der Waals surface area contributed by atoms with Gasteiger partial charge in [-0.2, -0.15) is 0 Å². The lowest BCUT2D eigenvalue weighted by molar-refractivity contribution is 1.30. The smallest absolute Gasteiger partial charge is 0.0963 e. The fourth-order valence-corrected chi connectivity index (χ4v) is 18.6. The van der Waals surface area contributed by atoms with Crippen molar-refractivity contribution in [1.82, 2.24) is 39.9 Å². The molecule has 8 heteroatoms. The van der Waals surface area contributed by atoms with Gasteiger partial charge in [0.25, 0.3) is 0 Å². The monoisotopic (exact) mass is 1490 g/mol. The third kappa shape index (κ3) is 11.2. The summed E-state index contributed by atoms with van der Waals surface area (Å²) in [4.78, 5) is 37.1. The van der Waals surface area contributed by atoms with Crippen molar-refractivity contribution in [2.24, 2.45) is 0 Å². The van der Waals surface area contributed by atoms with Crippen molar-refractivity contribution >= 4 is 110 Å². The summed E-state index contributed by atoms with van der Waals surface area (Å²) in [5, 5.41) is 4.50. The number of aromatic nitrogens is 8. The molecule has 0 amide bonds. The fraction of sp³-hybridized carbons (Fsp3) is 0.0741. The van der Waals surface area contributed by atoms with Gasteiger partial charge in [-0.15, -0.1) is 0 Å². The van der Waals surface area contributed by atoms with Gasteiger partial charge < -0.3 is 29.9 Å². The van der Waals surface area contributed by atoms with Crippen LogP contribution in [0.15, 0.2) is 315 Å². The Bertz CT molecular complexity index is 7130. The summed E-state index contributed by atoms with van der Waals surface area (Å²) >= 11 is 0. The molecule has 0 atom stereocenters. The molecule has 0 unspecified atom stereocenters. The van der Waals surface area contributed by atoms with E-state index in [1.165, 1.54) is 0 Å². The summed E-state index contributed by atoms with van der Waals surface area (Å²) < 4.78 is 0. The first kappa shape index (κ1) is 69.4. The Morgan fingerprint density at radius 2 is 0.448 bits per heavy atom. The minimum atomic E-state index is 0.870. The molecule has 6 N–H and O–H groups in total. The standard InChI is InChI=1S/C108H82N8/c1-61-65(5)101-99(102-66(6)62(2)84(110-102)58-88-92(70-37-19-10-20-38-70)96(74-45-27-14-28-46-74)106(114-88)105-95(73-43-25-13-26-44-73)91(69-35-17-9-18-36-69)87(113-105)57-83(61)109-101)79-53-33-51-77-55-78-52-34-54-80(82(78)56-81(77)79)100-103-67(7)63(3)85(111-103)59-89-93(71-39-21-11-22-40-71)97(75-47-29-15-30-48-75)107(115-89)108-98(76-49-31-16-32-50-76)94(72-41-23-12-24-42-72)90(116-108)60-86-64(4)68(8)104(100)112-86/h9-60,109-113,115H,1-8H3. The van der Waals surface area contributed by atoms with E-state index in [4.69, 9.17) is 9.97 Å². The summed E-state index contributed by atoms with van der Waals surface area (Å²) in [7, 11) is 0. The average molecular weight is 1490 g/mol. The van der Waals surface area contributed by atoms with Crippen molar-refractivity contribution in [2.75, 3.05) is 0 Å². The topological polar surface area (TPSA) is 121 Å². The Morgan fingerprint density at radius 1 is 0.190 bits per heavy atom. The van der Waals surface area contributed by atoms with Crippen molar-refractivity contribution in [3.8, 4) is 66.8 Å². The van der Waals surface area contributed by atoms with E-state index >= 15 is 0 Å². The van der Waals surface area contributed by atoms with Crippen molar-refractivity contribution in [3.05, 3.63) is 405 Å². The minimum Gasteiger partial charge on any atom is -0.354 e. The second-order valence-electron chi connectivity index (χ2n) is 31.3. The molecule has 16 bridgehead atoms. The van der Waals surface area contributed by atoms with Crippen LogP contribution >= 0.6 is 0 Å². The average Bonchev–Trinajstić information content (AvgIpc) is 1.52. The van der Waals surface area contributed by atoms with Gasteiger partial charge in [-0.1, -0.05) is 279 Å². The number of aryl methyl sites for hydroxylation is 8. The number of hydrogen-bond donors (Lipinski definition) is 6. The third-order valence-corrected chi connectivity index (χ3v) is 24.9. The van der Waals surface area contributed by atoms with E-state index in [2.05, 4.69) is 401 Å². The van der Waals surface area contributed by atoms with Gasteiger partial charge in [-0.05, 0) is 213 Å². The number of fused-ring (bicyclic) bond motifs is 20. The van der Waals surface area contributed by atoms with Crippen molar-refractivity contribution < 1.29 is 0 Å². The first-order chi connectivity index (χ1) is 56.9. The lowest BCUT2D eigenvalue weighted by Crippen LogP contribution is -1.92. The zero-order valence-electron chi connectivity index (χ0n) is 65.9. The predicted octanol–water partition coefficient (Wildman–Crippen LogP) is 28.2. The van der Waals surface area contributed by atoms with Gasteiger partial charge in [-0.3, -0.25) is 0 Å². The molecule has 0 aliphatic carbocycles. The molecular weight excluding hydrogens is 1410 g/mol. The maximum absolute atomic E-state index is 5.97. The minimum absolute atomic E-state index is 0.870. The van der Waals surface area contributed by atoms with Crippen LogP contribution in [0.2, 0.25) is 0 Å². The Labute approximate surface area is 672 Å². The summed E-state index contributed by atoms with van der Waals surface area (Å²) in [6.45, 7) is 18.2. The molecule has 21 rings (SSSR count). The molecule has 0 saturated carbocycles. The van der Waals surface area contributed by atoms with Gasteiger partial charge in [-0.25, -0.2) is 9.97 Å². The highest BCUT2D eigenvalue weighted by atomic mass is 14.8. The van der Waals surface area contributed by atoms with Crippen LogP contribution in [0.4, 0.5) is 0 Å². The molecule has 8 nitrogen and oxygen atoms in total. The van der Waals surface area contributed by atoms with E-state index in [1.807, 2.05) is 0 Å². The SMILES string of the molecule is Cc1c(C)c2[nH]c1cc1nc(c3[nH]c(cc4[nH]c(c(C)c4C)c2-c2cccc4cc5cccc(-c6c7[nH]c(cc8nc(c9[nH]c(cc%10[nH]c6c(C)c%10C)c(-c6ccccc6)c9-c6ccccc6)C(c6ccccc6)=C8c6ccccc6)c(C)c7C)c5cc24)c(-c2ccccc2)c3-c2ccccc2)C(c2ccccc2)=C1c1ccccc1. The molecule has 2 aliphatic heterocycles. The first-order valence-corrected chi connectivity index (χ1v) is 40.1. The van der Waals surface area contributed by atoms with Crippen molar-refractivity contribution in [3.63, 3.8) is 0 Å². The maximum atomic E-state index is 5.97. The molecular formula is C108H82N8. The highest BCUT2D eigenvalue weighted by Crippen LogP contribution is 2.52. The van der Waals surface area contributed by atoms with Gasteiger partial charge in [0.05, 0.1) is 55.9 Å². The predicted molar refractivity (Wildman–Crippen MR) is 487 cm³/mol. The second-order valence-corrected chi connectivity index (χ2v) is 31.3. The first-order valence-electron chi connectivity index (χ1n) is 40.1. The summed E-state index contributed by atoms with van der Waals surface area (Å²) in [5.74, 6) is 0. The van der Waals surface area contributed by atoms with Crippen molar-refractivity contribution in [2.45, 2.75) is 55.4 Å². The quantitative estimate of drug-likeness (QED) is 0.0765. The zero-order valence-corrected chi connectivity index (χ0v) is 65.9. The maximum Gasteiger partial charge on any atom is 0.0963 e. The van der Waals surface area contributed by atoms with E-state index in [9.17, 15) is 0 Å². The largest absolute Gasteiger partial charge is 0.354 e. The van der Waals surface area contributed by atoms with Crippen LogP contribution in [-0.2, 0) is 0 Å². The molecule has 0 radical (unpaired) electrons. The van der Waals surface area contributed by atoms with E-state index in [0.29, 0.717) is 0 Å². The van der Waals surface area contributed by atoms with Crippen LogP contribution < -0.4 is 0 Å². The summed E-state index contributed by atoms with van der Waals surface area (Å²) in [5.41, 5.74) is 46.4. The summed E-state index contributed by atoms with van der Waals surface area (Å²) in [6, 6.07) is 115. The normalized spacial score (nSPS) is 12.4. The Kier molecular flexibility index (Phi) is 16.5. The Morgan fingerprint density at radius 3 is 0.750 bits per heavy atom. The highest BCUT2D eigenvalue weighted by molar-refractivity contribution is 6.19. The number of benzene rings is 11. The lowest BCUT2D eigenvalue weighted by Gasteiger charge is -2.14. The fourth-order valence-electron chi connectivity index (χ4n) is 18.6. The molecule has 8 aromatic heterocycles. The van der Waals surface area contributed by atoms with Crippen LogP contribution in [0, 0.1) is 55.4 Å². The number of nitrogens with zero attached hydrogens (tertiary/aromatic N) is 2. The van der Waals surface area contributed by atoms with Crippen LogP contribution in [0.1, 0.15) is 89.5 Å². The van der Waals surface area contributed by atoms with Gasteiger partial charge in [0.1, 0.15) is 0 Å². The van der Waals surface area contributed by atoms with Gasteiger partial charge in [0, 0.05) is 88.8 Å². The van der Waals surface area contributed by atoms with E-state index in [0.717, 1.165) is 266 Å². The van der Waals surface area contributed by atoms with E-state index in [-0.39, 0.29) is 0 Å². The number of hydrogen-bond acceptors (Lipinski definition) is 2. The van der Waals surface area contributed by atoms with Gasteiger partial charge in [0.15, 0.2) is 0 Å². The Hall–Kier alpha value is -14.6. The molecule has 0 saturated heterocycles. The molecule has 0 fully saturated rings. The van der Waals surface area contributed by atoms with Crippen LogP contribution in [0.25, 0.3) is 177 Å². The molecule has 10 heterocycles. The summed E-state index contributed by atoms with van der Waals surface area (Å²) in [6.07, 6.45) is 0. The van der Waals surface area contributed by atoms with Crippen LogP contribution in [0.5, 0.6) is 0 Å². The van der Waals surface area contributed by atoms with Crippen LogP contribution in [0.3, 0.4) is 0 Å². The molecule has 554 valence electrons. The number of H-pyrrole nitrogens is 6.